The number of hydrogen-bond donors (Lipinski definition) is 2. The van der Waals surface area contributed by atoms with Gasteiger partial charge >= 0.3 is 0 Å². The molecule has 0 saturated carbocycles. The van der Waals surface area contributed by atoms with E-state index in [1.807, 2.05) is 43.3 Å². The van der Waals surface area contributed by atoms with Gasteiger partial charge in [-0.1, -0.05) is 18.2 Å². The topological polar surface area (TPSA) is 67.8 Å². The van der Waals surface area contributed by atoms with E-state index >= 15 is 0 Å². The Morgan fingerprint density at radius 1 is 1.00 bits per heavy atom. The van der Waals surface area contributed by atoms with E-state index in [1.165, 1.54) is 0 Å². The zero-order valence-electron chi connectivity index (χ0n) is 14.8. The van der Waals surface area contributed by atoms with Crippen LogP contribution in [0.5, 0.6) is 17.2 Å². The number of likely N-dealkylation sites (N-methyl/N-ethyl adjacent to an activating group) is 1. The number of carbonyl (C=O) groups is 1. The summed E-state index contributed by atoms with van der Waals surface area (Å²) in [5, 5.41) is 14.9. The van der Waals surface area contributed by atoms with Crippen LogP contribution in [-0.4, -0.2) is 31.3 Å². The normalized spacial score (nSPS) is 10.5. The summed E-state index contributed by atoms with van der Waals surface area (Å²) in [5.41, 5.74) is 1.56. The van der Waals surface area contributed by atoms with Crippen LogP contribution in [0.4, 0.5) is 0 Å². The van der Waals surface area contributed by atoms with Gasteiger partial charge in [0.1, 0.15) is 17.2 Å². The monoisotopic (exact) mass is 351 g/mol. The fourth-order valence-electron chi connectivity index (χ4n) is 2.75. The molecule has 0 fully saturated rings. The first-order valence-electron chi connectivity index (χ1n) is 8.41. The quantitative estimate of drug-likeness (QED) is 0.710. The van der Waals surface area contributed by atoms with Crippen LogP contribution in [-0.2, 0) is 4.79 Å². The van der Waals surface area contributed by atoms with E-state index in [1.54, 1.807) is 25.3 Å². The molecule has 0 aliphatic carbocycles. The van der Waals surface area contributed by atoms with Gasteiger partial charge in [-0.3, -0.25) is 4.79 Å². The molecular formula is C21H21NO4. The van der Waals surface area contributed by atoms with Crippen molar-refractivity contribution in [1.82, 2.24) is 5.32 Å². The zero-order valence-corrected chi connectivity index (χ0v) is 14.8. The van der Waals surface area contributed by atoms with Crippen molar-refractivity contribution in [3.63, 3.8) is 0 Å². The summed E-state index contributed by atoms with van der Waals surface area (Å²) < 4.78 is 10.8. The van der Waals surface area contributed by atoms with Crippen LogP contribution in [0.2, 0.25) is 0 Å². The SMILES string of the molecule is CCNC(=O)COc1ccc2ccc(-c3cc(OC)ccc3O)cc2c1. The Kier molecular flexibility index (Phi) is 5.27. The third-order valence-corrected chi connectivity index (χ3v) is 4.07. The highest BCUT2D eigenvalue weighted by atomic mass is 16.5. The molecular weight excluding hydrogens is 330 g/mol. The molecule has 0 heterocycles. The second-order valence-electron chi connectivity index (χ2n) is 5.85. The van der Waals surface area contributed by atoms with Gasteiger partial charge in [0.2, 0.25) is 0 Å². The van der Waals surface area contributed by atoms with E-state index in [0.29, 0.717) is 23.6 Å². The molecule has 26 heavy (non-hydrogen) atoms. The van der Waals surface area contributed by atoms with Crippen molar-refractivity contribution in [3.8, 4) is 28.4 Å². The van der Waals surface area contributed by atoms with Crippen LogP contribution in [0.1, 0.15) is 6.92 Å². The Labute approximate surface area is 152 Å². The molecule has 5 heteroatoms. The predicted octanol–water partition coefficient (Wildman–Crippen LogP) is 3.74. The molecule has 0 aliphatic heterocycles. The molecule has 2 N–H and O–H groups in total. The van der Waals surface area contributed by atoms with E-state index in [0.717, 1.165) is 16.3 Å². The van der Waals surface area contributed by atoms with Gasteiger partial charge in [-0.2, -0.15) is 0 Å². The van der Waals surface area contributed by atoms with Crippen LogP contribution < -0.4 is 14.8 Å². The van der Waals surface area contributed by atoms with Crippen molar-refractivity contribution in [2.75, 3.05) is 20.3 Å². The van der Waals surface area contributed by atoms with Crippen LogP contribution in [0, 0.1) is 0 Å². The average Bonchev–Trinajstić information content (AvgIpc) is 2.66. The van der Waals surface area contributed by atoms with Crippen molar-refractivity contribution < 1.29 is 19.4 Å². The number of amides is 1. The lowest BCUT2D eigenvalue weighted by Crippen LogP contribution is -2.28. The molecule has 3 rings (SSSR count). The molecule has 3 aromatic rings. The first-order chi connectivity index (χ1) is 12.6. The average molecular weight is 351 g/mol. The van der Waals surface area contributed by atoms with Crippen molar-refractivity contribution in [3.05, 3.63) is 54.6 Å². The van der Waals surface area contributed by atoms with E-state index < -0.39 is 0 Å². The van der Waals surface area contributed by atoms with E-state index in [9.17, 15) is 9.90 Å². The minimum absolute atomic E-state index is 0.0181. The van der Waals surface area contributed by atoms with Gasteiger partial charge in [0.25, 0.3) is 5.91 Å². The third-order valence-electron chi connectivity index (χ3n) is 4.07. The second-order valence-corrected chi connectivity index (χ2v) is 5.85. The molecule has 0 unspecified atom stereocenters. The van der Waals surface area contributed by atoms with Crippen LogP contribution in [0.15, 0.2) is 54.6 Å². The van der Waals surface area contributed by atoms with Crippen LogP contribution in [0.25, 0.3) is 21.9 Å². The van der Waals surface area contributed by atoms with Gasteiger partial charge in [-0.25, -0.2) is 0 Å². The lowest BCUT2D eigenvalue weighted by Gasteiger charge is -2.10. The highest BCUT2D eigenvalue weighted by Crippen LogP contribution is 2.34. The van der Waals surface area contributed by atoms with Crippen molar-refractivity contribution in [2.45, 2.75) is 6.92 Å². The smallest absolute Gasteiger partial charge is 0.257 e. The molecule has 0 saturated heterocycles. The number of phenols is 1. The lowest BCUT2D eigenvalue weighted by molar-refractivity contribution is -0.122. The van der Waals surface area contributed by atoms with Crippen LogP contribution in [0.3, 0.4) is 0 Å². The highest BCUT2D eigenvalue weighted by Gasteiger charge is 2.08. The fraction of sp³-hybridized carbons (Fsp3) is 0.190. The molecule has 0 aliphatic rings. The second kappa shape index (κ2) is 7.78. The Morgan fingerprint density at radius 2 is 1.77 bits per heavy atom. The largest absolute Gasteiger partial charge is 0.507 e. The summed E-state index contributed by atoms with van der Waals surface area (Å²) >= 11 is 0. The number of hydrogen-bond acceptors (Lipinski definition) is 4. The highest BCUT2D eigenvalue weighted by molar-refractivity contribution is 5.89. The number of carbonyl (C=O) groups excluding carboxylic acids is 1. The summed E-state index contributed by atoms with van der Waals surface area (Å²) in [7, 11) is 1.59. The number of nitrogens with one attached hydrogen (secondary N) is 1. The number of phenolic OH excluding ortho intramolecular Hbond substituents is 1. The Balaban J connectivity index is 1.91. The van der Waals surface area contributed by atoms with Crippen molar-refractivity contribution in [1.29, 1.82) is 0 Å². The van der Waals surface area contributed by atoms with Crippen molar-refractivity contribution in [2.24, 2.45) is 0 Å². The Bertz CT molecular complexity index is 936. The minimum atomic E-state index is -0.150. The van der Waals surface area contributed by atoms with Gasteiger partial charge in [-0.05, 0) is 59.7 Å². The van der Waals surface area contributed by atoms with E-state index in [-0.39, 0.29) is 18.3 Å². The van der Waals surface area contributed by atoms with E-state index in [4.69, 9.17) is 9.47 Å². The Hall–Kier alpha value is -3.21. The molecule has 0 bridgehead atoms. The van der Waals surface area contributed by atoms with Gasteiger partial charge < -0.3 is 19.9 Å². The predicted molar refractivity (Wildman–Crippen MR) is 102 cm³/mol. The molecule has 3 aromatic carbocycles. The minimum Gasteiger partial charge on any atom is -0.507 e. The molecule has 5 nitrogen and oxygen atoms in total. The first-order valence-corrected chi connectivity index (χ1v) is 8.41. The number of fused-ring (bicyclic) bond motifs is 1. The summed E-state index contributed by atoms with van der Waals surface area (Å²) in [6.45, 7) is 2.42. The van der Waals surface area contributed by atoms with Crippen molar-refractivity contribution >= 4 is 16.7 Å². The lowest BCUT2D eigenvalue weighted by atomic mass is 10.00. The molecule has 0 radical (unpaired) electrons. The molecule has 0 spiro atoms. The molecule has 1 amide bonds. The molecule has 134 valence electrons. The maximum Gasteiger partial charge on any atom is 0.257 e. The summed E-state index contributed by atoms with van der Waals surface area (Å²) in [6.07, 6.45) is 0. The number of benzene rings is 3. The van der Waals surface area contributed by atoms with Gasteiger partial charge in [0.05, 0.1) is 7.11 Å². The maximum absolute atomic E-state index is 11.5. The van der Waals surface area contributed by atoms with Crippen LogP contribution >= 0.6 is 0 Å². The third kappa shape index (κ3) is 3.88. The summed E-state index contributed by atoms with van der Waals surface area (Å²) in [5.74, 6) is 1.34. The summed E-state index contributed by atoms with van der Waals surface area (Å²) in [6, 6.07) is 16.7. The summed E-state index contributed by atoms with van der Waals surface area (Å²) in [4.78, 5) is 11.5. The number of methoxy groups -OCH3 is 1. The maximum atomic E-state index is 11.5. The first kappa shape index (κ1) is 17.6. The van der Waals surface area contributed by atoms with Gasteiger partial charge in [0.15, 0.2) is 6.61 Å². The Morgan fingerprint density at radius 3 is 2.54 bits per heavy atom. The number of ether oxygens (including phenoxy) is 2. The molecule has 0 atom stereocenters. The molecule has 0 aromatic heterocycles. The van der Waals surface area contributed by atoms with Gasteiger partial charge in [0, 0.05) is 12.1 Å². The number of aromatic hydroxyl groups is 1. The van der Waals surface area contributed by atoms with E-state index in [2.05, 4.69) is 5.32 Å². The zero-order chi connectivity index (χ0) is 18.5. The van der Waals surface area contributed by atoms with Gasteiger partial charge in [-0.15, -0.1) is 0 Å². The standard InChI is InChI=1S/C21H21NO4/c1-3-22-21(24)13-26-18-7-6-14-4-5-15(10-16(14)11-18)19-12-17(25-2)8-9-20(19)23/h4-12,23H,3,13H2,1-2H3,(H,22,24). The fourth-order valence-corrected chi connectivity index (χ4v) is 2.75. The number of rotatable bonds is 6.